The molecule has 1 fully saturated rings. The molecule has 1 amide bonds. The Hall–Kier alpha value is -1.51. The first-order valence-electron chi connectivity index (χ1n) is 7.79. The summed E-state index contributed by atoms with van der Waals surface area (Å²) in [6.07, 6.45) is 3.63. The van der Waals surface area contributed by atoms with Crippen LogP contribution < -0.4 is 10.6 Å². The molecule has 0 radical (unpaired) electrons. The van der Waals surface area contributed by atoms with Crippen LogP contribution in [0.15, 0.2) is 24.3 Å². The maximum atomic E-state index is 11.2. The molecule has 3 nitrogen and oxygen atoms in total. The molecule has 2 N–H and O–H groups in total. The summed E-state index contributed by atoms with van der Waals surface area (Å²) in [6.45, 7) is 11.0. The summed E-state index contributed by atoms with van der Waals surface area (Å²) in [6, 6.07) is 8.46. The molecule has 0 heterocycles. The maximum absolute atomic E-state index is 11.2. The molecule has 0 unspecified atom stereocenters. The van der Waals surface area contributed by atoms with Gasteiger partial charge < -0.3 is 10.6 Å². The monoisotopic (exact) mass is 288 g/mol. The predicted octanol–water partition coefficient (Wildman–Crippen LogP) is 4.66. The third-order valence-corrected chi connectivity index (χ3v) is 4.11. The highest BCUT2D eigenvalue weighted by atomic mass is 16.1. The summed E-state index contributed by atoms with van der Waals surface area (Å²) in [5, 5.41) is 6.49. The van der Waals surface area contributed by atoms with E-state index in [1.54, 1.807) is 0 Å². The minimum absolute atomic E-state index is 0.0351. The van der Waals surface area contributed by atoms with E-state index in [-0.39, 0.29) is 5.91 Å². The third kappa shape index (κ3) is 4.76. The van der Waals surface area contributed by atoms with Gasteiger partial charge in [0.2, 0.25) is 5.91 Å². The summed E-state index contributed by atoms with van der Waals surface area (Å²) in [5.74, 6) is -0.0351. The van der Waals surface area contributed by atoms with Crippen LogP contribution in [-0.2, 0) is 4.79 Å². The highest BCUT2D eigenvalue weighted by molar-refractivity contribution is 5.89. The zero-order valence-corrected chi connectivity index (χ0v) is 13.9. The van der Waals surface area contributed by atoms with Crippen LogP contribution in [0.1, 0.15) is 53.9 Å². The molecule has 2 rings (SSSR count). The Morgan fingerprint density at radius 1 is 1.10 bits per heavy atom. The Labute approximate surface area is 128 Å². The number of rotatable bonds is 3. The number of benzene rings is 1. The number of carbonyl (C=O) groups excluding carboxylic acids is 1. The van der Waals surface area contributed by atoms with E-state index in [0.717, 1.165) is 11.4 Å². The molecule has 1 aliphatic carbocycles. The highest BCUT2D eigenvalue weighted by Gasteiger charge is 2.38. The predicted molar refractivity (Wildman–Crippen MR) is 89.6 cm³/mol. The largest absolute Gasteiger partial charge is 0.382 e. The summed E-state index contributed by atoms with van der Waals surface area (Å²) >= 11 is 0. The molecule has 21 heavy (non-hydrogen) atoms. The van der Waals surface area contributed by atoms with Crippen LogP contribution in [0.2, 0.25) is 0 Å². The van der Waals surface area contributed by atoms with Crippen molar-refractivity contribution in [1.29, 1.82) is 0 Å². The second kappa shape index (κ2) is 5.70. The van der Waals surface area contributed by atoms with Crippen LogP contribution in [-0.4, -0.2) is 11.9 Å². The first-order chi connectivity index (χ1) is 9.65. The van der Waals surface area contributed by atoms with Crippen LogP contribution in [0.3, 0.4) is 0 Å². The Morgan fingerprint density at radius 2 is 1.67 bits per heavy atom. The van der Waals surface area contributed by atoms with E-state index >= 15 is 0 Å². The molecule has 0 spiro atoms. The van der Waals surface area contributed by atoms with Gasteiger partial charge in [-0.2, -0.15) is 0 Å². The fourth-order valence-corrected chi connectivity index (χ4v) is 4.07. The van der Waals surface area contributed by atoms with Crippen molar-refractivity contribution in [3.8, 4) is 0 Å². The minimum atomic E-state index is -0.0351. The lowest BCUT2D eigenvalue weighted by atomic mass is 9.63. The van der Waals surface area contributed by atoms with Crippen molar-refractivity contribution >= 4 is 17.3 Å². The third-order valence-electron chi connectivity index (χ3n) is 4.11. The Kier molecular flexibility index (Phi) is 4.31. The maximum Gasteiger partial charge on any atom is 0.221 e. The number of hydrogen-bond donors (Lipinski definition) is 2. The van der Waals surface area contributed by atoms with E-state index in [0.29, 0.717) is 16.9 Å². The average Bonchev–Trinajstić information content (AvgIpc) is 2.23. The Balaban J connectivity index is 2.09. The standard InChI is InChI=1S/C18H28N2O/c1-13(21)19-14-7-6-8-15(9-14)20-16-10-17(2,3)12-18(4,5)11-16/h6-9,16,20H,10-12H2,1-5H3,(H,19,21). The Bertz CT molecular complexity index is 504. The van der Waals surface area contributed by atoms with Crippen molar-refractivity contribution in [2.45, 2.75) is 59.9 Å². The van der Waals surface area contributed by atoms with E-state index in [2.05, 4.69) is 44.4 Å². The van der Waals surface area contributed by atoms with E-state index < -0.39 is 0 Å². The van der Waals surface area contributed by atoms with Gasteiger partial charge in [-0.25, -0.2) is 0 Å². The van der Waals surface area contributed by atoms with E-state index in [4.69, 9.17) is 0 Å². The molecule has 0 atom stereocenters. The van der Waals surface area contributed by atoms with E-state index in [1.165, 1.54) is 26.2 Å². The normalized spacial score (nSPS) is 20.8. The highest BCUT2D eigenvalue weighted by Crippen LogP contribution is 2.46. The Morgan fingerprint density at radius 3 is 2.24 bits per heavy atom. The number of carbonyl (C=O) groups is 1. The van der Waals surface area contributed by atoms with E-state index in [1.807, 2.05) is 18.2 Å². The van der Waals surface area contributed by atoms with Crippen LogP contribution >= 0.6 is 0 Å². The molecule has 1 aromatic rings. The van der Waals surface area contributed by atoms with Gasteiger partial charge in [-0.1, -0.05) is 33.8 Å². The van der Waals surface area contributed by atoms with Gasteiger partial charge in [-0.05, 0) is 48.3 Å². The van der Waals surface area contributed by atoms with Crippen LogP contribution in [0.25, 0.3) is 0 Å². The lowest BCUT2D eigenvalue weighted by Gasteiger charge is -2.45. The second-order valence-electron chi connectivity index (χ2n) is 8.02. The van der Waals surface area contributed by atoms with Crippen molar-refractivity contribution in [1.82, 2.24) is 0 Å². The van der Waals surface area contributed by atoms with Crippen LogP contribution in [0.4, 0.5) is 11.4 Å². The molecular weight excluding hydrogens is 260 g/mol. The van der Waals surface area contributed by atoms with Gasteiger partial charge in [0.1, 0.15) is 0 Å². The van der Waals surface area contributed by atoms with Gasteiger partial charge in [0.05, 0.1) is 0 Å². The minimum Gasteiger partial charge on any atom is -0.382 e. The van der Waals surface area contributed by atoms with Gasteiger partial charge >= 0.3 is 0 Å². The number of hydrogen-bond acceptors (Lipinski definition) is 2. The number of amides is 1. The van der Waals surface area contributed by atoms with Crippen molar-refractivity contribution < 1.29 is 4.79 Å². The number of nitrogens with one attached hydrogen (secondary N) is 2. The zero-order valence-electron chi connectivity index (χ0n) is 13.9. The molecule has 0 saturated heterocycles. The summed E-state index contributed by atoms with van der Waals surface area (Å²) in [7, 11) is 0. The summed E-state index contributed by atoms with van der Waals surface area (Å²) in [5.41, 5.74) is 2.67. The van der Waals surface area contributed by atoms with Crippen LogP contribution in [0, 0.1) is 10.8 Å². The molecule has 0 aromatic heterocycles. The molecule has 0 bridgehead atoms. The first-order valence-corrected chi connectivity index (χ1v) is 7.79. The fourth-order valence-electron chi connectivity index (χ4n) is 4.07. The van der Waals surface area contributed by atoms with Crippen molar-refractivity contribution in [3.05, 3.63) is 24.3 Å². The van der Waals surface area contributed by atoms with Crippen molar-refractivity contribution in [3.63, 3.8) is 0 Å². The molecule has 1 saturated carbocycles. The van der Waals surface area contributed by atoms with Gasteiger partial charge in [-0.3, -0.25) is 4.79 Å². The van der Waals surface area contributed by atoms with Crippen LogP contribution in [0.5, 0.6) is 0 Å². The summed E-state index contributed by atoms with van der Waals surface area (Å²) in [4.78, 5) is 11.2. The van der Waals surface area contributed by atoms with Gasteiger partial charge in [0, 0.05) is 24.3 Å². The molecular formula is C18H28N2O. The molecule has 3 heteroatoms. The summed E-state index contributed by atoms with van der Waals surface area (Å²) < 4.78 is 0. The van der Waals surface area contributed by atoms with Gasteiger partial charge in [0.15, 0.2) is 0 Å². The lowest BCUT2D eigenvalue weighted by Crippen LogP contribution is -2.40. The number of anilines is 2. The van der Waals surface area contributed by atoms with Gasteiger partial charge in [-0.15, -0.1) is 0 Å². The quantitative estimate of drug-likeness (QED) is 0.849. The molecule has 0 aliphatic heterocycles. The zero-order chi connectivity index (χ0) is 15.7. The molecule has 1 aliphatic rings. The van der Waals surface area contributed by atoms with Gasteiger partial charge in [0.25, 0.3) is 0 Å². The first kappa shape index (κ1) is 15.9. The second-order valence-corrected chi connectivity index (χ2v) is 8.02. The lowest BCUT2D eigenvalue weighted by molar-refractivity contribution is -0.114. The van der Waals surface area contributed by atoms with E-state index in [9.17, 15) is 4.79 Å². The van der Waals surface area contributed by atoms with Crippen molar-refractivity contribution in [2.24, 2.45) is 10.8 Å². The SMILES string of the molecule is CC(=O)Nc1cccc(NC2CC(C)(C)CC(C)(C)C2)c1. The fraction of sp³-hybridized carbons (Fsp3) is 0.611. The molecule has 116 valence electrons. The average molecular weight is 288 g/mol. The van der Waals surface area contributed by atoms with Crippen molar-refractivity contribution in [2.75, 3.05) is 10.6 Å². The smallest absolute Gasteiger partial charge is 0.221 e. The topological polar surface area (TPSA) is 41.1 Å². The molecule has 1 aromatic carbocycles.